The standard InChI is InChI=1S/C20H21NO5/c1-3-24-19(22)14-21-13-15-12-17(26-16-8-6-5-7-9-16)10-11-18(15)20(23)25-4-2/h5-13H,3-4,14H2,1-2H3. The van der Waals surface area contributed by atoms with Crippen LogP contribution in [0, 0.1) is 0 Å². The van der Waals surface area contributed by atoms with Crippen LogP contribution < -0.4 is 4.74 Å². The number of nitrogens with zero attached hydrogens (tertiary/aromatic N) is 1. The lowest BCUT2D eigenvalue weighted by molar-refractivity contribution is -0.141. The van der Waals surface area contributed by atoms with Crippen molar-refractivity contribution in [2.45, 2.75) is 13.8 Å². The zero-order valence-corrected chi connectivity index (χ0v) is 14.8. The normalized spacial score (nSPS) is 10.5. The van der Waals surface area contributed by atoms with E-state index in [2.05, 4.69) is 4.99 Å². The van der Waals surface area contributed by atoms with Crippen LogP contribution >= 0.6 is 0 Å². The number of carbonyl (C=O) groups excluding carboxylic acids is 2. The number of hydrogen-bond donors (Lipinski definition) is 0. The van der Waals surface area contributed by atoms with Crippen molar-refractivity contribution in [1.29, 1.82) is 0 Å². The monoisotopic (exact) mass is 355 g/mol. The van der Waals surface area contributed by atoms with E-state index in [9.17, 15) is 9.59 Å². The van der Waals surface area contributed by atoms with E-state index in [0.717, 1.165) is 0 Å². The summed E-state index contributed by atoms with van der Waals surface area (Å²) in [5, 5.41) is 0. The first-order valence-electron chi connectivity index (χ1n) is 8.33. The maximum atomic E-state index is 12.1. The molecule has 0 atom stereocenters. The summed E-state index contributed by atoms with van der Waals surface area (Å²) in [6, 6.07) is 14.2. The van der Waals surface area contributed by atoms with E-state index in [4.69, 9.17) is 14.2 Å². The average molecular weight is 355 g/mol. The first-order valence-corrected chi connectivity index (χ1v) is 8.33. The lowest BCUT2D eigenvalue weighted by atomic mass is 10.1. The molecule has 0 aliphatic rings. The molecule has 0 N–H and O–H groups in total. The fourth-order valence-corrected chi connectivity index (χ4v) is 2.16. The summed E-state index contributed by atoms with van der Waals surface area (Å²) in [6.07, 6.45) is 1.45. The summed E-state index contributed by atoms with van der Waals surface area (Å²) in [6.45, 7) is 3.90. The molecular weight excluding hydrogens is 334 g/mol. The second kappa shape index (κ2) is 9.98. The third kappa shape index (κ3) is 5.73. The smallest absolute Gasteiger partial charge is 0.338 e. The highest BCUT2D eigenvalue weighted by molar-refractivity contribution is 6.00. The quantitative estimate of drug-likeness (QED) is 0.534. The van der Waals surface area contributed by atoms with E-state index < -0.39 is 11.9 Å². The van der Waals surface area contributed by atoms with Gasteiger partial charge in [-0.2, -0.15) is 0 Å². The van der Waals surface area contributed by atoms with Crippen LogP contribution in [0.25, 0.3) is 0 Å². The highest BCUT2D eigenvalue weighted by Crippen LogP contribution is 2.23. The van der Waals surface area contributed by atoms with Crippen LogP contribution in [0.5, 0.6) is 11.5 Å². The molecule has 2 aromatic carbocycles. The Labute approximate surface area is 152 Å². The number of hydrogen-bond acceptors (Lipinski definition) is 6. The van der Waals surface area contributed by atoms with Gasteiger partial charge < -0.3 is 14.2 Å². The number of para-hydroxylation sites is 1. The van der Waals surface area contributed by atoms with Crippen molar-refractivity contribution >= 4 is 18.2 Å². The Morgan fingerprint density at radius 2 is 1.69 bits per heavy atom. The first kappa shape index (κ1) is 19.2. The SMILES string of the molecule is CCOC(=O)CN=Cc1cc(Oc2ccccc2)ccc1C(=O)OCC. The lowest BCUT2D eigenvalue weighted by Gasteiger charge is -2.10. The molecule has 0 saturated heterocycles. The van der Waals surface area contributed by atoms with E-state index in [1.165, 1.54) is 6.21 Å². The number of aliphatic imine (C=N–C) groups is 1. The van der Waals surface area contributed by atoms with Crippen LogP contribution in [0.4, 0.5) is 0 Å². The van der Waals surface area contributed by atoms with Gasteiger partial charge in [-0.05, 0) is 44.2 Å². The Hall–Kier alpha value is -3.15. The van der Waals surface area contributed by atoms with Gasteiger partial charge in [0.1, 0.15) is 18.0 Å². The minimum absolute atomic E-state index is 0.125. The molecule has 6 nitrogen and oxygen atoms in total. The van der Waals surface area contributed by atoms with E-state index >= 15 is 0 Å². The van der Waals surface area contributed by atoms with Gasteiger partial charge in [0.25, 0.3) is 0 Å². The van der Waals surface area contributed by atoms with Crippen molar-refractivity contribution in [3.05, 3.63) is 59.7 Å². The average Bonchev–Trinajstić information content (AvgIpc) is 2.63. The Morgan fingerprint density at radius 1 is 0.962 bits per heavy atom. The van der Waals surface area contributed by atoms with Gasteiger partial charge in [0.05, 0.1) is 18.8 Å². The van der Waals surface area contributed by atoms with Crippen LogP contribution in [-0.2, 0) is 14.3 Å². The third-order valence-corrected chi connectivity index (χ3v) is 3.25. The minimum Gasteiger partial charge on any atom is -0.465 e. The van der Waals surface area contributed by atoms with Gasteiger partial charge in [0.2, 0.25) is 0 Å². The number of benzene rings is 2. The second-order valence-corrected chi connectivity index (χ2v) is 5.16. The Morgan fingerprint density at radius 3 is 2.38 bits per heavy atom. The maximum Gasteiger partial charge on any atom is 0.338 e. The zero-order chi connectivity index (χ0) is 18.8. The van der Waals surface area contributed by atoms with Gasteiger partial charge in [0, 0.05) is 11.8 Å². The molecule has 6 heteroatoms. The van der Waals surface area contributed by atoms with E-state index in [0.29, 0.717) is 29.2 Å². The molecule has 0 aromatic heterocycles. The molecule has 0 unspecified atom stereocenters. The maximum absolute atomic E-state index is 12.1. The molecule has 2 rings (SSSR count). The first-order chi connectivity index (χ1) is 12.6. The van der Waals surface area contributed by atoms with Crippen LogP contribution in [0.3, 0.4) is 0 Å². The van der Waals surface area contributed by atoms with Gasteiger partial charge in [0.15, 0.2) is 0 Å². The van der Waals surface area contributed by atoms with Gasteiger partial charge in [-0.25, -0.2) is 4.79 Å². The van der Waals surface area contributed by atoms with Crippen molar-refractivity contribution in [3.8, 4) is 11.5 Å². The largest absolute Gasteiger partial charge is 0.465 e. The van der Waals surface area contributed by atoms with Crippen molar-refractivity contribution in [2.24, 2.45) is 4.99 Å². The predicted molar refractivity (Wildman–Crippen MR) is 98.0 cm³/mol. The molecule has 0 aliphatic heterocycles. The summed E-state index contributed by atoms with van der Waals surface area (Å²) in [5.41, 5.74) is 0.848. The van der Waals surface area contributed by atoms with Crippen molar-refractivity contribution in [3.63, 3.8) is 0 Å². The molecule has 0 heterocycles. The van der Waals surface area contributed by atoms with Crippen LogP contribution in [0.1, 0.15) is 29.8 Å². The lowest BCUT2D eigenvalue weighted by Crippen LogP contribution is -2.10. The highest BCUT2D eigenvalue weighted by atomic mass is 16.5. The Balaban J connectivity index is 2.24. The van der Waals surface area contributed by atoms with Gasteiger partial charge in [-0.1, -0.05) is 18.2 Å². The molecule has 0 radical (unpaired) electrons. The molecular formula is C20H21NO5. The fraction of sp³-hybridized carbons (Fsp3) is 0.250. The van der Waals surface area contributed by atoms with E-state index in [1.807, 2.05) is 30.3 Å². The highest BCUT2D eigenvalue weighted by Gasteiger charge is 2.13. The molecule has 26 heavy (non-hydrogen) atoms. The summed E-state index contributed by atoms with van der Waals surface area (Å²) in [4.78, 5) is 27.6. The van der Waals surface area contributed by atoms with E-state index in [-0.39, 0.29) is 13.2 Å². The van der Waals surface area contributed by atoms with Gasteiger partial charge >= 0.3 is 11.9 Å². The number of carbonyl (C=O) groups is 2. The molecule has 0 saturated carbocycles. The molecule has 0 spiro atoms. The van der Waals surface area contributed by atoms with Gasteiger partial charge in [-0.3, -0.25) is 9.79 Å². The predicted octanol–water partition coefficient (Wildman–Crippen LogP) is 3.64. The van der Waals surface area contributed by atoms with Gasteiger partial charge in [-0.15, -0.1) is 0 Å². The minimum atomic E-state index is -0.462. The molecule has 0 bridgehead atoms. The van der Waals surface area contributed by atoms with Crippen LogP contribution in [-0.4, -0.2) is 37.9 Å². The Kier molecular flexibility index (Phi) is 7.36. The summed E-state index contributed by atoms with van der Waals surface area (Å²) in [5.74, 6) is 0.321. The zero-order valence-electron chi connectivity index (χ0n) is 14.8. The molecule has 0 amide bonds. The summed E-state index contributed by atoms with van der Waals surface area (Å²) >= 11 is 0. The molecule has 136 valence electrons. The number of ether oxygens (including phenoxy) is 3. The summed E-state index contributed by atoms with van der Waals surface area (Å²) in [7, 11) is 0. The van der Waals surface area contributed by atoms with Crippen molar-refractivity contribution < 1.29 is 23.8 Å². The molecule has 2 aromatic rings. The third-order valence-electron chi connectivity index (χ3n) is 3.25. The fourth-order valence-electron chi connectivity index (χ4n) is 2.16. The topological polar surface area (TPSA) is 74.2 Å². The number of esters is 2. The summed E-state index contributed by atoms with van der Waals surface area (Å²) < 4.78 is 15.7. The number of rotatable bonds is 8. The molecule has 0 aliphatic carbocycles. The second-order valence-electron chi connectivity index (χ2n) is 5.16. The molecule has 0 fully saturated rings. The van der Waals surface area contributed by atoms with Crippen LogP contribution in [0.15, 0.2) is 53.5 Å². The Bertz CT molecular complexity index is 771. The van der Waals surface area contributed by atoms with Crippen LogP contribution in [0.2, 0.25) is 0 Å². The van der Waals surface area contributed by atoms with Crippen molar-refractivity contribution in [2.75, 3.05) is 19.8 Å². The van der Waals surface area contributed by atoms with Crippen molar-refractivity contribution in [1.82, 2.24) is 0 Å². The van der Waals surface area contributed by atoms with E-state index in [1.54, 1.807) is 32.0 Å².